The van der Waals surface area contributed by atoms with Gasteiger partial charge in [0.2, 0.25) is 0 Å². The first kappa shape index (κ1) is 22.5. The summed E-state index contributed by atoms with van der Waals surface area (Å²) in [5.41, 5.74) is 1.14. The molecule has 0 bridgehead atoms. The Labute approximate surface area is 182 Å². The molecule has 1 amide bonds. The fourth-order valence-electron chi connectivity index (χ4n) is 3.59. The Morgan fingerprint density at radius 1 is 1.13 bits per heavy atom. The van der Waals surface area contributed by atoms with E-state index in [9.17, 15) is 14.7 Å². The Bertz CT molecular complexity index is 925. The lowest BCUT2D eigenvalue weighted by atomic mass is 9.96. The van der Waals surface area contributed by atoms with Crippen molar-refractivity contribution < 1.29 is 24.2 Å². The highest BCUT2D eigenvalue weighted by molar-refractivity contribution is 6.46. The van der Waals surface area contributed by atoms with Gasteiger partial charge in [-0.25, -0.2) is 0 Å². The van der Waals surface area contributed by atoms with Gasteiger partial charge in [0.25, 0.3) is 11.7 Å². The molecule has 1 N–H and O–H groups in total. The summed E-state index contributed by atoms with van der Waals surface area (Å²) in [6.45, 7) is 3.26. The maximum absolute atomic E-state index is 12.9. The van der Waals surface area contributed by atoms with Crippen molar-refractivity contribution in [1.82, 2.24) is 9.88 Å². The number of carbonyl (C=O) groups is 2. The number of pyridine rings is 1. The molecule has 1 fully saturated rings. The molecule has 1 aliphatic heterocycles. The Kier molecular flexibility index (Phi) is 7.78. The van der Waals surface area contributed by atoms with Crippen molar-refractivity contribution in [2.45, 2.75) is 32.2 Å². The predicted molar refractivity (Wildman–Crippen MR) is 117 cm³/mol. The number of unbranched alkanes of at least 4 members (excludes halogenated alkanes) is 2. The van der Waals surface area contributed by atoms with Gasteiger partial charge in [0, 0.05) is 31.6 Å². The first-order chi connectivity index (χ1) is 15.1. The lowest BCUT2D eigenvalue weighted by molar-refractivity contribution is -0.140. The van der Waals surface area contributed by atoms with E-state index in [4.69, 9.17) is 9.47 Å². The van der Waals surface area contributed by atoms with Gasteiger partial charge in [-0.15, -0.1) is 0 Å². The number of rotatable bonds is 10. The molecule has 31 heavy (non-hydrogen) atoms. The van der Waals surface area contributed by atoms with Gasteiger partial charge in [-0.3, -0.25) is 14.6 Å². The van der Waals surface area contributed by atoms with Crippen LogP contribution in [0.5, 0.6) is 5.75 Å². The van der Waals surface area contributed by atoms with E-state index in [2.05, 4.69) is 11.9 Å². The molecule has 0 saturated carbocycles. The molecule has 3 rings (SSSR count). The van der Waals surface area contributed by atoms with Crippen LogP contribution < -0.4 is 4.74 Å². The molecule has 0 spiro atoms. The van der Waals surface area contributed by atoms with Crippen molar-refractivity contribution >= 4 is 17.4 Å². The van der Waals surface area contributed by atoms with Crippen LogP contribution in [0.2, 0.25) is 0 Å². The summed E-state index contributed by atoms with van der Waals surface area (Å²) in [6.07, 6.45) is 6.42. The number of methoxy groups -OCH3 is 1. The zero-order valence-electron chi connectivity index (χ0n) is 17.9. The van der Waals surface area contributed by atoms with Gasteiger partial charge in [0.05, 0.1) is 24.8 Å². The second-order valence-corrected chi connectivity index (χ2v) is 7.35. The summed E-state index contributed by atoms with van der Waals surface area (Å²) in [5.74, 6) is -0.910. The van der Waals surface area contributed by atoms with Crippen molar-refractivity contribution in [2.24, 2.45) is 0 Å². The number of nitrogens with zero attached hydrogens (tertiary/aromatic N) is 2. The number of benzene rings is 1. The first-order valence-corrected chi connectivity index (χ1v) is 10.5. The summed E-state index contributed by atoms with van der Waals surface area (Å²) in [5, 5.41) is 11.0. The molecular weight excluding hydrogens is 396 g/mol. The van der Waals surface area contributed by atoms with Crippen LogP contribution in [0.1, 0.15) is 43.4 Å². The molecule has 1 aromatic heterocycles. The van der Waals surface area contributed by atoms with Crippen LogP contribution in [0.4, 0.5) is 0 Å². The molecule has 0 radical (unpaired) electrons. The fraction of sp³-hybridized carbons (Fsp3) is 0.375. The summed E-state index contributed by atoms with van der Waals surface area (Å²) in [6, 6.07) is 9.66. The summed E-state index contributed by atoms with van der Waals surface area (Å²) in [4.78, 5) is 31.1. The number of hydrogen-bond acceptors (Lipinski definition) is 6. The van der Waals surface area contributed by atoms with E-state index in [1.807, 2.05) is 0 Å². The Morgan fingerprint density at radius 3 is 2.55 bits per heavy atom. The molecule has 2 heterocycles. The SMILES string of the molecule is CCCCCOc1ccc(/C(O)=C2/C(=O)C(=O)N(CCOC)C2c2cccnc2)cc1. The third kappa shape index (κ3) is 5.11. The smallest absolute Gasteiger partial charge is 0.295 e. The van der Waals surface area contributed by atoms with Gasteiger partial charge in [0.15, 0.2) is 0 Å². The number of amides is 1. The molecule has 164 valence electrons. The van der Waals surface area contributed by atoms with Crippen LogP contribution in [-0.4, -0.2) is 53.5 Å². The molecule has 1 saturated heterocycles. The van der Waals surface area contributed by atoms with Crippen LogP contribution >= 0.6 is 0 Å². The van der Waals surface area contributed by atoms with Crippen molar-refractivity contribution in [1.29, 1.82) is 0 Å². The second kappa shape index (κ2) is 10.7. The van der Waals surface area contributed by atoms with Gasteiger partial charge in [-0.2, -0.15) is 0 Å². The lowest BCUT2D eigenvalue weighted by Gasteiger charge is -2.24. The third-order valence-corrected chi connectivity index (χ3v) is 5.22. The van der Waals surface area contributed by atoms with Crippen LogP contribution in [0.15, 0.2) is 54.4 Å². The lowest BCUT2D eigenvalue weighted by Crippen LogP contribution is -2.32. The number of hydrogen-bond donors (Lipinski definition) is 1. The van der Waals surface area contributed by atoms with Crippen LogP contribution in [0, 0.1) is 0 Å². The molecule has 1 atom stereocenters. The van der Waals surface area contributed by atoms with Crippen LogP contribution in [0.3, 0.4) is 0 Å². The average Bonchev–Trinajstić information content (AvgIpc) is 3.06. The highest BCUT2D eigenvalue weighted by Gasteiger charge is 2.45. The zero-order valence-corrected chi connectivity index (χ0v) is 17.9. The summed E-state index contributed by atoms with van der Waals surface area (Å²) >= 11 is 0. The van der Waals surface area contributed by atoms with Crippen LogP contribution in [-0.2, 0) is 14.3 Å². The fourth-order valence-corrected chi connectivity index (χ4v) is 3.59. The number of ether oxygens (including phenoxy) is 2. The van der Waals surface area contributed by atoms with E-state index < -0.39 is 17.7 Å². The van der Waals surface area contributed by atoms with E-state index in [0.717, 1.165) is 19.3 Å². The molecule has 2 aromatic rings. The van der Waals surface area contributed by atoms with Crippen molar-refractivity contribution in [3.8, 4) is 5.75 Å². The molecule has 1 unspecified atom stereocenters. The average molecular weight is 424 g/mol. The van der Waals surface area contributed by atoms with E-state index in [-0.39, 0.29) is 24.5 Å². The number of ketones is 1. The van der Waals surface area contributed by atoms with E-state index in [1.54, 1.807) is 48.8 Å². The Balaban J connectivity index is 1.92. The highest BCUT2D eigenvalue weighted by atomic mass is 16.5. The second-order valence-electron chi connectivity index (χ2n) is 7.35. The Morgan fingerprint density at radius 2 is 1.90 bits per heavy atom. The molecule has 1 aromatic carbocycles. The monoisotopic (exact) mass is 424 g/mol. The van der Waals surface area contributed by atoms with E-state index in [0.29, 0.717) is 23.5 Å². The van der Waals surface area contributed by atoms with E-state index >= 15 is 0 Å². The van der Waals surface area contributed by atoms with Gasteiger partial charge >= 0.3 is 0 Å². The molecule has 7 heteroatoms. The first-order valence-electron chi connectivity index (χ1n) is 10.5. The predicted octanol–water partition coefficient (Wildman–Crippen LogP) is 3.72. The number of aliphatic hydroxyl groups excluding tert-OH is 1. The maximum Gasteiger partial charge on any atom is 0.295 e. The minimum absolute atomic E-state index is 0.0470. The minimum Gasteiger partial charge on any atom is -0.507 e. The standard InChI is InChI=1S/C24H28N2O5/c1-3-4-5-14-31-19-10-8-17(9-11-19)22(27)20-21(18-7-6-12-25-16-18)26(13-15-30-2)24(29)23(20)28/h6-12,16,21,27H,3-5,13-15H2,1-2H3/b22-20-. The molecular formula is C24H28N2O5. The van der Waals surface area contributed by atoms with Gasteiger partial charge in [-0.1, -0.05) is 25.8 Å². The van der Waals surface area contributed by atoms with Crippen molar-refractivity contribution in [3.63, 3.8) is 0 Å². The van der Waals surface area contributed by atoms with Crippen LogP contribution in [0.25, 0.3) is 5.76 Å². The molecule has 1 aliphatic rings. The summed E-state index contributed by atoms with van der Waals surface area (Å²) in [7, 11) is 1.53. The van der Waals surface area contributed by atoms with Gasteiger partial charge < -0.3 is 19.5 Å². The van der Waals surface area contributed by atoms with Gasteiger partial charge in [0.1, 0.15) is 11.5 Å². The molecule has 7 nitrogen and oxygen atoms in total. The molecule has 0 aliphatic carbocycles. The quantitative estimate of drug-likeness (QED) is 0.271. The number of carbonyl (C=O) groups excluding carboxylic acids is 2. The summed E-state index contributed by atoms with van der Waals surface area (Å²) < 4.78 is 10.8. The van der Waals surface area contributed by atoms with E-state index in [1.165, 1.54) is 12.0 Å². The number of likely N-dealkylation sites (tertiary alicyclic amines) is 1. The number of Topliss-reactive ketones (excluding diaryl/α,β-unsaturated/α-hetero) is 1. The topological polar surface area (TPSA) is 89.0 Å². The maximum atomic E-state index is 12.9. The third-order valence-electron chi connectivity index (χ3n) is 5.22. The largest absolute Gasteiger partial charge is 0.507 e. The number of aromatic nitrogens is 1. The van der Waals surface area contributed by atoms with Gasteiger partial charge in [-0.05, 0) is 42.3 Å². The highest BCUT2D eigenvalue weighted by Crippen LogP contribution is 2.39. The Hall–Kier alpha value is -3.19. The van der Waals surface area contributed by atoms with Crippen molar-refractivity contribution in [3.05, 3.63) is 65.5 Å². The number of aliphatic hydroxyl groups is 1. The van der Waals surface area contributed by atoms with Crippen molar-refractivity contribution in [2.75, 3.05) is 26.9 Å². The normalized spacial score (nSPS) is 17.9. The minimum atomic E-state index is -0.728. The zero-order chi connectivity index (χ0) is 22.2.